The number of nitrogens with zero attached hydrogens (tertiary/aromatic N) is 1. The molecule has 2 fully saturated rings. The standard InChI is InChI=1S/C12H25N3O2S/c1-11-3-2-8-15(10-11)18(16,17)14-7-5-12-4-6-13-9-12/h11-14H,2-10H2,1H3. The highest BCUT2D eigenvalue weighted by molar-refractivity contribution is 7.87. The van der Waals surface area contributed by atoms with E-state index in [0.29, 0.717) is 31.5 Å². The van der Waals surface area contributed by atoms with Gasteiger partial charge in [-0.05, 0) is 50.6 Å². The molecule has 0 bridgehead atoms. The quantitative estimate of drug-likeness (QED) is 0.770. The van der Waals surface area contributed by atoms with Gasteiger partial charge in [-0.15, -0.1) is 0 Å². The first-order chi connectivity index (χ1) is 8.58. The molecule has 2 N–H and O–H groups in total. The van der Waals surface area contributed by atoms with Gasteiger partial charge in [0, 0.05) is 19.6 Å². The summed E-state index contributed by atoms with van der Waals surface area (Å²) in [7, 11) is -3.25. The first-order valence-corrected chi connectivity index (χ1v) is 8.47. The van der Waals surface area contributed by atoms with E-state index in [0.717, 1.165) is 32.4 Å². The molecule has 18 heavy (non-hydrogen) atoms. The number of rotatable bonds is 5. The predicted molar refractivity (Wildman–Crippen MR) is 72.5 cm³/mol. The Morgan fingerprint density at radius 2 is 2.22 bits per heavy atom. The lowest BCUT2D eigenvalue weighted by molar-refractivity contribution is 0.278. The summed E-state index contributed by atoms with van der Waals surface area (Å²) in [6.45, 7) is 6.12. The summed E-state index contributed by atoms with van der Waals surface area (Å²) in [5.74, 6) is 1.11. The van der Waals surface area contributed by atoms with Crippen LogP contribution in [0.25, 0.3) is 0 Å². The van der Waals surface area contributed by atoms with E-state index in [1.165, 1.54) is 6.42 Å². The molecule has 6 heteroatoms. The van der Waals surface area contributed by atoms with Crippen LogP contribution in [0.5, 0.6) is 0 Å². The molecule has 0 aliphatic carbocycles. The molecule has 2 heterocycles. The summed E-state index contributed by atoms with van der Waals surface area (Å²) >= 11 is 0. The Bertz CT molecular complexity index is 352. The maximum absolute atomic E-state index is 12.1. The van der Waals surface area contributed by atoms with Gasteiger partial charge in [0.2, 0.25) is 0 Å². The molecule has 0 saturated carbocycles. The van der Waals surface area contributed by atoms with E-state index in [2.05, 4.69) is 17.0 Å². The van der Waals surface area contributed by atoms with Gasteiger partial charge in [-0.1, -0.05) is 6.92 Å². The number of piperidine rings is 1. The Morgan fingerprint density at radius 1 is 1.39 bits per heavy atom. The summed E-state index contributed by atoms with van der Waals surface area (Å²) in [6.07, 6.45) is 4.23. The summed E-state index contributed by atoms with van der Waals surface area (Å²) in [5.41, 5.74) is 0. The fourth-order valence-electron chi connectivity index (χ4n) is 2.81. The zero-order valence-electron chi connectivity index (χ0n) is 11.2. The maximum atomic E-state index is 12.1. The smallest absolute Gasteiger partial charge is 0.279 e. The third-order valence-corrected chi connectivity index (χ3v) is 5.54. The van der Waals surface area contributed by atoms with E-state index in [4.69, 9.17) is 0 Å². The van der Waals surface area contributed by atoms with Crippen molar-refractivity contribution in [3.8, 4) is 0 Å². The van der Waals surface area contributed by atoms with Crippen molar-refractivity contribution in [2.45, 2.75) is 32.6 Å². The van der Waals surface area contributed by atoms with Gasteiger partial charge < -0.3 is 5.32 Å². The van der Waals surface area contributed by atoms with Gasteiger partial charge in [-0.2, -0.15) is 12.7 Å². The molecule has 5 nitrogen and oxygen atoms in total. The minimum Gasteiger partial charge on any atom is -0.316 e. The molecule has 0 spiro atoms. The monoisotopic (exact) mass is 275 g/mol. The largest absolute Gasteiger partial charge is 0.316 e. The Morgan fingerprint density at radius 3 is 2.89 bits per heavy atom. The number of nitrogens with one attached hydrogen (secondary N) is 2. The van der Waals surface area contributed by atoms with Crippen molar-refractivity contribution in [1.82, 2.24) is 14.3 Å². The average Bonchev–Trinajstić information content (AvgIpc) is 2.82. The third kappa shape index (κ3) is 3.91. The normalized spacial score (nSPS) is 30.7. The summed E-state index contributed by atoms with van der Waals surface area (Å²) in [5, 5.41) is 3.30. The molecule has 0 aromatic rings. The molecule has 106 valence electrons. The Kier molecular flexibility index (Phi) is 5.00. The van der Waals surface area contributed by atoms with Crippen molar-refractivity contribution >= 4 is 10.2 Å². The van der Waals surface area contributed by atoms with Crippen molar-refractivity contribution in [2.75, 3.05) is 32.7 Å². The van der Waals surface area contributed by atoms with Crippen LogP contribution in [0.2, 0.25) is 0 Å². The zero-order valence-corrected chi connectivity index (χ0v) is 12.0. The van der Waals surface area contributed by atoms with Gasteiger partial charge >= 0.3 is 0 Å². The lowest BCUT2D eigenvalue weighted by atomic mass is 10.0. The molecule has 0 aromatic carbocycles. The van der Waals surface area contributed by atoms with Crippen LogP contribution in [0.4, 0.5) is 0 Å². The van der Waals surface area contributed by atoms with E-state index in [9.17, 15) is 8.42 Å². The van der Waals surface area contributed by atoms with E-state index >= 15 is 0 Å². The van der Waals surface area contributed by atoms with Gasteiger partial charge in [0.15, 0.2) is 0 Å². The lowest BCUT2D eigenvalue weighted by Gasteiger charge is -2.30. The SMILES string of the molecule is CC1CCCN(S(=O)(=O)NCCC2CCNC2)C1. The molecule has 2 rings (SSSR count). The highest BCUT2D eigenvalue weighted by atomic mass is 32.2. The van der Waals surface area contributed by atoms with E-state index < -0.39 is 10.2 Å². The molecular weight excluding hydrogens is 250 g/mol. The Hall–Kier alpha value is -0.170. The predicted octanol–water partition coefficient (Wildman–Crippen LogP) is 0.552. The number of hydrogen-bond donors (Lipinski definition) is 2. The molecule has 2 aliphatic heterocycles. The first kappa shape index (κ1) is 14.2. The lowest BCUT2D eigenvalue weighted by Crippen LogP contribution is -2.45. The highest BCUT2D eigenvalue weighted by Gasteiger charge is 2.26. The van der Waals surface area contributed by atoms with Gasteiger partial charge in [-0.25, -0.2) is 4.72 Å². The van der Waals surface area contributed by atoms with Crippen molar-refractivity contribution in [3.05, 3.63) is 0 Å². The molecule has 2 saturated heterocycles. The second kappa shape index (κ2) is 6.32. The second-order valence-corrected chi connectivity index (χ2v) is 7.41. The van der Waals surface area contributed by atoms with Gasteiger partial charge in [0.25, 0.3) is 10.2 Å². The summed E-state index contributed by atoms with van der Waals surface area (Å²) < 4.78 is 28.6. The van der Waals surface area contributed by atoms with Crippen LogP contribution < -0.4 is 10.0 Å². The Balaban J connectivity index is 1.75. The average molecular weight is 275 g/mol. The molecular formula is C12H25N3O2S. The van der Waals surface area contributed by atoms with Crippen molar-refractivity contribution in [3.63, 3.8) is 0 Å². The molecule has 0 amide bonds. The van der Waals surface area contributed by atoms with Crippen LogP contribution >= 0.6 is 0 Å². The Labute approximate surface area is 110 Å². The minimum absolute atomic E-state index is 0.481. The fraction of sp³-hybridized carbons (Fsp3) is 1.00. The van der Waals surface area contributed by atoms with Crippen LogP contribution in [0, 0.1) is 11.8 Å². The van der Waals surface area contributed by atoms with E-state index in [1.54, 1.807) is 4.31 Å². The summed E-state index contributed by atoms with van der Waals surface area (Å²) in [4.78, 5) is 0. The van der Waals surface area contributed by atoms with Crippen LogP contribution in [-0.2, 0) is 10.2 Å². The zero-order chi connectivity index (χ0) is 13.0. The fourth-order valence-corrected chi connectivity index (χ4v) is 4.19. The highest BCUT2D eigenvalue weighted by Crippen LogP contribution is 2.18. The number of hydrogen-bond acceptors (Lipinski definition) is 3. The van der Waals surface area contributed by atoms with Crippen LogP contribution in [0.15, 0.2) is 0 Å². The topological polar surface area (TPSA) is 61.4 Å². The second-order valence-electron chi connectivity index (χ2n) is 5.65. The summed E-state index contributed by atoms with van der Waals surface area (Å²) in [6, 6.07) is 0. The van der Waals surface area contributed by atoms with Gasteiger partial charge in [0.05, 0.1) is 0 Å². The molecule has 2 atom stereocenters. The third-order valence-electron chi connectivity index (χ3n) is 3.96. The molecule has 2 aliphatic rings. The van der Waals surface area contributed by atoms with Crippen molar-refractivity contribution in [1.29, 1.82) is 0 Å². The van der Waals surface area contributed by atoms with Crippen LogP contribution in [0.1, 0.15) is 32.6 Å². The van der Waals surface area contributed by atoms with E-state index in [-0.39, 0.29) is 0 Å². The maximum Gasteiger partial charge on any atom is 0.279 e. The van der Waals surface area contributed by atoms with Crippen molar-refractivity contribution in [2.24, 2.45) is 11.8 Å². The van der Waals surface area contributed by atoms with Crippen molar-refractivity contribution < 1.29 is 8.42 Å². The molecule has 0 aromatic heterocycles. The first-order valence-electron chi connectivity index (χ1n) is 7.03. The minimum atomic E-state index is -3.25. The van der Waals surface area contributed by atoms with Crippen LogP contribution in [0.3, 0.4) is 0 Å². The van der Waals surface area contributed by atoms with E-state index in [1.807, 2.05) is 0 Å². The van der Waals surface area contributed by atoms with Gasteiger partial charge in [-0.3, -0.25) is 0 Å². The van der Waals surface area contributed by atoms with Crippen LogP contribution in [-0.4, -0.2) is 45.4 Å². The molecule has 2 unspecified atom stereocenters. The van der Waals surface area contributed by atoms with Gasteiger partial charge in [0.1, 0.15) is 0 Å². The molecule has 0 radical (unpaired) electrons.